The number of hydrogen-bond acceptors (Lipinski definition) is 10. The Hall–Kier alpha value is -6.21. The average Bonchev–Trinajstić information content (AvgIpc) is 1.16. The number of hydrogen-bond donors (Lipinski definition) is 4. The summed E-state index contributed by atoms with van der Waals surface area (Å²) >= 11 is 0. The number of piperazine rings is 2. The molecule has 0 unspecified atom stereocenters. The molecule has 0 bridgehead atoms. The van der Waals surface area contributed by atoms with Crippen molar-refractivity contribution in [2.45, 2.75) is 84.2 Å². The van der Waals surface area contributed by atoms with Crippen molar-refractivity contribution in [3.8, 4) is 22.3 Å². The third-order valence-corrected chi connectivity index (χ3v) is 15.4. The molecule has 0 radical (unpaired) electrons. The van der Waals surface area contributed by atoms with E-state index < -0.39 is 12.1 Å². The first-order valence-electron chi connectivity index (χ1n) is 30.7. The van der Waals surface area contributed by atoms with Gasteiger partial charge in [0, 0.05) is 139 Å². The molecule has 0 spiro atoms. The summed E-state index contributed by atoms with van der Waals surface area (Å²) in [6, 6.07) is 43.0. The van der Waals surface area contributed by atoms with Crippen molar-refractivity contribution in [1.82, 2.24) is 40.9 Å². The van der Waals surface area contributed by atoms with Gasteiger partial charge in [0.1, 0.15) is 17.6 Å². The van der Waals surface area contributed by atoms with Crippen molar-refractivity contribution in [1.29, 1.82) is 0 Å². The number of carbonyl (C=O) groups excluding carboxylic acids is 3. The lowest BCUT2D eigenvalue weighted by atomic mass is 10.00. The van der Waals surface area contributed by atoms with Gasteiger partial charge in [0.15, 0.2) is 0 Å². The quantitative estimate of drug-likeness (QED) is 0.0336. The first kappa shape index (κ1) is 74.5. The van der Waals surface area contributed by atoms with Gasteiger partial charge in [0.25, 0.3) is 11.8 Å². The fraction of sp³-hybridized carbons (Fsp3) is 0.443. The normalized spacial score (nSPS) is 15.7. The number of halogens is 6. The lowest BCUT2D eigenvalue weighted by Crippen LogP contribution is -3.00. The highest BCUT2D eigenvalue weighted by atomic mass is 127. The van der Waals surface area contributed by atoms with Gasteiger partial charge in [-0.3, -0.25) is 19.4 Å². The van der Waals surface area contributed by atoms with E-state index in [0.29, 0.717) is 47.4 Å². The molecule has 4 N–H and O–H groups in total. The van der Waals surface area contributed by atoms with Crippen LogP contribution in [0.1, 0.15) is 80.8 Å². The van der Waals surface area contributed by atoms with Crippen LogP contribution in [0.3, 0.4) is 0 Å². The molecule has 90 heavy (non-hydrogen) atoms. The molecular weight excluding hydrogens is 1270 g/mol. The number of carbonyl (C=O) groups is 3. The second kappa shape index (κ2) is 35.6. The van der Waals surface area contributed by atoms with Gasteiger partial charge in [0.2, 0.25) is 0 Å². The zero-order valence-electron chi connectivity index (χ0n) is 54.2. The van der Waals surface area contributed by atoms with E-state index in [4.69, 9.17) is 9.90 Å². The Morgan fingerprint density at radius 3 is 1.28 bits per heavy atom. The second-order valence-electron chi connectivity index (χ2n) is 26.0. The highest BCUT2D eigenvalue weighted by Crippen LogP contribution is 2.28. The summed E-state index contributed by atoms with van der Waals surface area (Å²) in [7, 11) is 17.5. The van der Waals surface area contributed by atoms with Crippen LogP contribution in [0.25, 0.3) is 22.3 Å². The topological polar surface area (TPSA) is 135 Å². The molecule has 14 nitrogen and oxygen atoms in total. The molecular formula is C70H94F5IN10O4. The Morgan fingerprint density at radius 1 is 0.556 bits per heavy atom. The summed E-state index contributed by atoms with van der Waals surface area (Å²) in [4.78, 5) is 44.3. The lowest BCUT2D eigenvalue weighted by molar-refractivity contribution is -0.870. The monoisotopic (exact) mass is 1360 g/mol. The van der Waals surface area contributed by atoms with Crippen molar-refractivity contribution < 1.29 is 74.4 Å². The van der Waals surface area contributed by atoms with Crippen LogP contribution in [0.4, 0.5) is 22.0 Å². The Kier molecular flexibility index (Phi) is 29.4. The second-order valence-corrected chi connectivity index (χ2v) is 26.0. The summed E-state index contributed by atoms with van der Waals surface area (Å²) in [6.07, 6.45) is -2.95. The van der Waals surface area contributed by atoms with Crippen molar-refractivity contribution in [2.24, 2.45) is 0 Å². The maximum atomic E-state index is 14.9. The molecule has 2 aliphatic heterocycles. The van der Waals surface area contributed by atoms with Crippen molar-refractivity contribution in [2.75, 3.05) is 122 Å². The lowest BCUT2D eigenvalue weighted by Gasteiger charge is -2.31. The molecule has 2 saturated heterocycles. The summed E-state index contributed by atoms with van der Waals surface area (Å²) in [5.74, 6) is -3.78. The number of nitrogens with one attached hydrogen (secondary N) is 4. The van der Waals surface area contributed by atoms with Crippen LogP contribution < -0.4 is 50.4 Å². The molecule has 6 aromatic rings. The van der Waals surface area contributed by atoms with Gasteiger partial charge < -0.3 is 73.9 Å². The van der Waals surface area contributed by atoms with E-state index >= 15 is 0 Å². The van der Waals surface area contributed by atoms with Crippen LogP contribution >= 0.6 is 0 Å². The maximum absolute atomic E-state index is 14.9. The van der Waals surface area contributed by atoms with Gasteiger partial charge >= 0.3 is 6.18 Å². The number of amides is 2. The number of rotatable bonds is 24. The molecule has 2 fully saturated rings. The standard InChI is InChI=1S/2C34H46FN5O.C2HF3O2.HI/c2*1-26-23-39(17-15-36-26)25-29-10-6-11-30(19-29)32-21-27(13-14-33(32)35)22-37-34(41)31-12-7-9-28(20-31)24-38(2)16-8-18-40(3,4)5;3-2(4,5)1(6)7;/h2*6-7,9-14,19-21,26,36H,8,15-18,22-25H2,1-5H3;(H,6,7);1H/t2*26-;;/m00../s1. The molecule has 0 aromatic heterocycles. The van der Waals surface area contributed by atoms with E-state index in [9.17, 15) is 31.5 Å². The molecule has 2 heterocycles. The van der Waals surface area contributed by atoms with Gasteiger partial charge in [-0.15, -0.1) is 0 Å². The fourth-order valence-corrected chi connectivity index (χ4v) is 10.9. The minimum atomic E-state index is -5.19. The van der Waals surface area contributed by atoms with Gasteiger partial charge in [-0.1, -0.05) is 72.8 Å². The number of benzene rings is 6. The number of nitrogens with zero attached hydrogens (tertiary/aromatic N) is 6. The average molecular weight is 1360 g/mol. The maximum Gasteiger partial charge on any atom is 0.430 e. The van der Waals surface area contributed by atoms with Gasteiger partial charge in [-0.2, -0.15) is 13.2 Å². The minimum absolute atomic E-state index is 0. The third-order valence-electron chi connectivity index (χ3n) is 15.4. The van der Waals surface area contributed by atoms with E-state index in [0.717, 1.165) is 147 Å². The first-order chi connectivity index (χ1) is 42.0. The molecule has 490 valence electrons. The predicted molar refractivity (Wildman–Crippen MR) is 343 cm³/mol. The van der Waals surface area contributed by atoms with E-state index in [1.807, 2.05) is 72.8 Å². The highest BCUT2D eigenvalue weighted by molar-refractivity contribution is 5.95. The van der Waals surface area contributed by atoms with Crippen LogP contribution in [0.15, 0.2) is 133 Å². The van der Waals surface area contributed by atoms with Crippen LogP contribution in [0, 0.1) is 11.6 Å². The number of carboxylic acids is 1. The molecule has 8 rings (SSSR count). The summed E-state index contributed by atoms with van der Waals surface area (Å²) in [6.45, 7) is 18.6. The van der Waals surface area contributed by atoms with E-state index in [1.54, 1.807) is 12.1 Å². The SMILES string of the molecule is C[C@H]1CN(Cc2cccc(-c3cc(CNC(=O)c4cccc(CN(C)CCC[N+](C)(C)C)c4)ccc3F)c2)CCN1.C[C@H]1CN(Cc2cccc(-c3cc(CNC(=O)c4cccc(CN(C)CCC[N+](C)(C)C)c4)ccc3F)c2)CCN1.O=C([O-])C(F)(F)F.[I-]. The molecule has 0 saturated carbocycles. The van der Waals surface area contributed by atoms with Gasteiger partial charge in [-0.05, 0) is 133 Å². The molecule has 20 heteroatoms. The van der Waals surface area contributed by atoms with Crippen molar-refractivity contribution in [3.05, 3.63) is 190 Å². The Morgan fingerprint density at radius 2 is 0.922 bits per heavy atom. The molecule has 2 atom stereocenters. The van der Waals surface area contributed by atoms with Crippen LogP contribution in [0.5, 0.6) is 0 Å². The third kappa shape index (κ3) is 26.6. The Balaban J connectivity index is 0.000000293. The Bertz CT molecular complexity index is 3050. The first-order valence-corrected chi connectivity index (χ1v) is 30.7. The largest absolute Gasteiger partial charge is 1.00 e. The summed E-state index contributed by atoms with van der Waals surface area (Å²) in [5.41, 5.74) is 10.4. The van der Waals surface area contributed by atoms with E-state index in [1.165, 1.54) is 23.3 Å². The summed E-state index contributed by atoms with van der Waals surface area (Å²) < 4.78 is 63.3. The predicted octanol–water partition coefficient (Wildman–Crippen LogP) is 5.79. The zero-order chi connectivity index (χ0) is 64.9. The number of quaternary nitrogens is 2. The van der Waals surface area contributed by atoms with Crippen LogP contribution in [-0.4, -0.2) is 186 Å². The van der Waals surface area contributed by atoms with Crippen LogP contribution in [0.2, 0.25) is 0 Å². The number of alkyl halides is 3. The zero-order valence-corrected chi connectivity index (χ0v) is 56.3. The molecule has 6 aromatic carbocycles. The van der Waals surface area contributed by atoms with Gasteiger partial charge in [0.05, 0.1) is 55.4 Å². The molecule has 2 amide bonds. The van der Waals surface area contributed by atoms with Crippen molar-refractivity contribution in [3.63, 3.8) is 0 Å². The van der Waals surface area contributed by atoms with E-state index in [-0.39, 0.29) is 47.4 Å². The van der Waals surface area contributed by atoms with E-state index in [2.05, 4.69) is 147 Å². The minimum Gasteiger partial charge on any atom is -1.00 e. The van der Waals surface area contributed by atoms with Crippen molar-refractivity contribution >= 4 is 17.8 Å². The molecule has 0 aliphatic carbocycles. The fourth-order valence-electron chi connectivity index (χ4n) is 10.9. The van der Waals surface area contributed by atoms with Gasteiger partial charge in [-0.25, -0.2) is 8.78 Å². The number of aliphatic carboxylic acids is 1. The number of carboxylic acid groups (broad SMARTS) is 1. The molecule has 2 aliphatic rings. The Labute approximate surface area is 548 Å². The highest BCUT2D eigenvalue weighted by Gasteiger charge is 2.29. The summed E-state index contributed by atoms with van der Waals surface area (Å²) in [5, 5.41) is 21.8. The smallest absolute Gasteiger partial charge is 0.430 e. The van der Waals surface area contributed by atoms with Crippen LogP contribution in [-0.2, 0) is 44.1 Å².